The number of ether oxygens (including phenoxy) is 2. The number of phosphoric ester groups is 1. The number of esters is 2. The van der Waals surface area contributed by atoms with E-state index < -0.39 is 32.5 Å². The minimum atomic E-state index is -4.74. The van der Waals surface area contributed by atoms with Gasteiger partial charge < -0.3 is 19.3 Å². The topological polar surface area (TPSA) is 119 Å². The van der Waals surface area contributed by atoms with Crippen LogP contribution in [0.4, 0.5) is 0 Å². The van der Waals surface area contributed by atoms with Crippen LogP contribution in [0.1, 0.15) is 84.5 Å². The van der Waals surface area contributed by atoms with Crippen LogP contribution < -0.4 is 0 Å². The molecule has 1 unspecified atom stereocenters. The summed E-state index contributed by atoms with van der Waals surface area (Å²) >= 11 is 0. The molecule has 210 valence electrons. The second kappa shape index (κ2) is 24.1. The lowest BCUT2D eigenvalue weighted by molar-refractivity contribution is -0.161. The normalized spacial score (nSPS) is 13.5. The second-order valence-corrected chi connectivity index (χ2v) is 9.52. The molecule has 0 aliphatic heterocycles. The molecule has 0 spiro atoms. The number of hydrogen-bond donors (Lipinski definition) is 2. The standard InChI is InChI=1S/C28H45O8P/c1-3-5-7-8-9-10-11-12-13-14-15-16-17-18-19-20-21-23-28(30)36-26(25-35-37(31,32)33)24-34-27(29)22-6-4-2/h5,7,9-10,12-13,15-16,18-19,26H,3-4,6,8,11,14,17,20-25H2,1-2H3,(H2,31,32,33)/b7-5-,10-9-,13-12-,16-15-,19-18-. The summed E-state index contributed by atoms with van der Waals surface area (Å²) in [5.74, 6) is -1.01. The third kappa shape index (κ3) is 26.6. The number of rotatable bonds is 22. The lowest BCUT2D eigenvalue weighted by atomic mass is 10.2. The quantitative estimate of drug-likeness (QED) is 0.0677. The minimum absolute atomic E-state index is 0.129. The predicted molar refractivity (Wildman–Crippen MR) is 147 cm³/mol. The molecule has 1 atom stereocenters. The van der Waals surface area contributed by atoms with E-state index in [-0.39, 0.29) is 19.4 Å². The van der Waals surface area contributed by atoms with Gasteiger partial charge in [0.05, 0.1) is 6.61 Å². The fraction of sp³-hybridized carbons (Fsp3) is 0.571. The molecule has 0 bridgehead atoms. The molecule has 0 aromatic rings. The summed E-state index contributed by atoms with van der Waals surface area (Å²) in [6.07, 6.45) is 27.9. The zero-order valence-corrected chi connectivity index (χ0v) is 23.2. The van der Waals surface area contributed by atoms with Gasteiger partial charge in [0, 0.05) is 12.8 Å². The van der Waals surface area contributed by atoms with Crippen LogP contribution in [0, 0.1) is 0 Å². The molecular weight excluding hydrogens is 495 g/mol. The van der Waals surface area contributed by atoms with Gasteiger partial charge in [-0.1, -0.05) is 81.0 Å². The highest BCUT2D eigenvalue weighted by molar-refractivity contribution is 7.46. The second-order valence-electron chi connectivity index (χ2n) is 8.29. The molecule has 0 heterocycles. The van der Waals surface area contributed by atoms with Crippen molar-refractivity contribution >= 4 is 19.8 Å². The first-order valence-electron chi connectivity index (χ1n) is 13.1. The van der Waals surface area contributed by atoms with E-state index in [1.807, 2.05) is 19.1 Å². The van der Waals surface area contributed by atoms with Crippen LogP contribution in [0.25, 0.3) is 0 Å². The van der Waals surface area contributed by atoms with E-state index in [1.54, 1.807) is 0 Å². The summed E-state index contributed by atoms with van der Waals surface area (Å²) in [6, 6.07) is 0. The first kappa shape index (κ1) is 34.8. The maximum Gasteiger partial charge on any atom is 0.469 e. The minimum Gasteiger partial charge on any atom is -0.462 e. The molecule has 0 radical (unpaired) electrons. The number of carbonyl (C=O) groups is 2. The average Bonchev–Trinajstić information content (AvgIpc) is 2.85. The van der Waals surface area contributed by atoms with Crippen LogP contribution in [-0.4, -0.2) is 41.0 Å². The molecule has 37 heavy (non-hydrogen) atoms. The fourth-order valence-electron chi connectivity index (χ4n) is 2.85. The van der Waals surface area contributed by atoms with E-state index in [0.717, 1.165) is 38.5 Å². The highest BCUT2D eigenvalue weighted by atomic mass is 31.2. The summed E-state index contributed by atoms with van der Waals surface area (Å²) in [4.78, 5) is 41.5. The third-order valence-corrected chi connectivity index (χ3v) is 5.29. The molecule has 0 rings (SSSR count). The summed E-state index contributed by atoms with van der Waals surface area (Å²) in [5.41, 5.74) is 0. The van der Waals surface area contributed by atoms with E-state index in [9.17, 15) is 14.2 Å². The Morgan fingerprint density at radius 2 is 1.24 bits per heavy atom. The summed E-state index contributed by atoms with van der Waals surface area (Å²) in [6.45, 7) is 3.18. The van der Waals surface area contributed by atoms with Crippen LogP contribution >= 0.6 is 7.82 Å². The van der Waals surface area contributed by atoms with E-state index >= 15 is 0 Å². The number of hydrogen-bond acceptors (Lipinski definition) is 6. The van der Waals surface area contributed by atoms with Crippen LogP contribution in [0.3, 0.4) is 0 Å². The molecule has 0 amide bonds. The van der Waals surface area contributed by atoms with Crippen molar-refractivity contribution in [1.82, 2.24) is 0 Å². The number of carbonyl (C=O) groups excluding carboxylic acids is 2. The molecule has 0 aliphatic rings. The molecular formula is C28H45O8P. The van der Waals surface area contributed by atoms with Gasteiger partial charge in [0.15, 0.2) is 6.10 Å². The van der Waals surface area contributed by atoms with Crippen molar-refractivity contribution in [1.29, 1.82) is 0 Å². The molecule has 0 saturated carbocycles. The van der Waals surface area contributed by atoms with Crippen molar-refractivity contribution < 1.29 is 37.9 Å². The van der Waals surface area contributed by atoms with Gasteiger partial charge in [0.25, 0.3) is 0 Å². The Morgan fingerprint density at radius 3 is 1.76 bits per heavy atom. The number of allylic oxidation sites excluding steroid dienone is 10. The Hall–Kier alpha value is -2.25. The van der Waals surface area contributed by atoms with E-state index in [1.165, 1.54) is 0 Å². The zero-order chi connectivity index (χ0) is 27.6. The third-order valence-electron chi connectivity index (χ3n) is 4.80. The first-order valence-corrected chi connectivity index (χ1v) is 14.6. The van der Waals surface area contributed by atoms with Gasteiger partial charge in [-0.2, -0.15) is 0 Å². The molecule has 9 heteroatoms. The highest BCUT2D eigenvalue weighted by Crippen LogP contribution is 2.35. The summed E-state index contributed by atoms with van der Waals surface area (Å²) in [5, 5.41) is 0. The Balaban J connectivity index is 4.11. The van der Waals surface area contributed by atoms with Gasteiger partial charge in [0.1, 0.15) is 6.61 Å². The molecule has 0 saturated heterocycles. The van der Waals surface area contributed by atoms with E-state index in [2.05, 4.69) is 60.1 Å². The van der Waals surface area contributed by atoms with Gasteiger partial charge in [-0.25, -0.2) is 4.57 Å². The van der Waals surface area contributed by atoms with Gasteiger partial charge >= 0.3 is 19.8 Å². The molecule has 8 nitrogen and oxygen atoms in total. The molecule has 0 aromatic heterocycles. The lowest BCUT2D eigenvalue weighted by Gasteiger charge is -2.18. The van der Waals surface area contributed by atoms with Gasteiger partial charge in [-0.15, -0.1) is 0 Å². The van der Waals surface area contributed by atoms with Gasteiger partial charge in [0.2, 0.25) is 0 Å². The van der Waals surface area contributed by atoms with Crippen molar-refractivity contribution in [3.63, 3.8) is 0 Å². The monoisotopic (exact) mass is 540 g/mol. The van der Waals surface area contributed by atoms with Crippen LogP contribution in [0.2, 0.25) is 0 Å². The van der Waals surface area contributed by atoms with Gasteiger partial charge in [-0.05, 0) is 51.4 Å². The Kier molecular flexibility index (Phi) is 22.6. The largest absolute Gasteiger partial charge is 0.469 e. The summed E-state index contributed by atoms with van der Waals surface area (Å²) in [7, 11) is -4.74. The number of unbranched alkanes of at least 4 members (excludes halogenated alkanes) is 2. The van der Waals surface area contributed by atoms with Crippen molar-refractivity contribution in [3.8, 4) is 0 Å². The van der Waals surface area contributed by atoms with E-state index in [0.29, 0.717) is 19.3 Å². The smallest absolute Gasteiger partial charge is 0.462 e. The fourth-order valence-corrected chi connectivity index (χ4v) is 3.21. The zero-order valence-electron chi connectivity index (χ0n) is 22.3. The van der Waals surface area contributed by atoms with Crippen molar-refractivity contribution in [2.45, 2.75) is 90.6 Å². The van der Waals surface area contributed by atoms with Crippen molar-refractivity contribution in [2.24, 2.45) is 0 Å². The first-order chi connectivity index (χ1) is 17.8. The number of phosphoric acid groups is 1. The Morgan fingerprint density at radius 1 is 0.730 bits per heavy atom. The average molecular weight is 541 g/mol. The maximum absolute atomic E-state index is 12.1. The van der Waals surface area contributed by atoms with Gasteiger partial charge in [-0.3, -0.25) is 14.1 Å². The maximum atomic E-state index is 12.1. The highest BCUT2D eigenvalue weighted by Gasteiger charge is 2.22. The molecule has 0 aromatic carbocycles. The molecule has 2 N–H and O–H groups in total. The SMILES string of the molecule is CC/C=C\C/C=C\C/C=C\C/C=C\C/C=C\CCCC(=O)OC(COC(=O)CCCC)COP(=O)(O)O. The molecule has 0 aliphatic carbocycles. The van der Waals surface area contributed by atoms with Crippen molar-refractivity contribution in [2.75, 3.05) is 13.2 Å². The predicted octanol–water partition coefficient (Wildman–Crippen LogP) is 6.66. The van der Waals surface area contributed by atoms with E-state index in [4.69, 9.17) is 19.3 Å². The Labute approximate surface area is 222 Å². The summed E-state index contributed by atoms with van der Waals surface area (Å²) < 4.78 is 25.6. The lowest BCUT2D eigenvalue weighted by Crippen LogP contribution is -2.29. The van der Waals surface area contributed by atoms with Crippen LogP contribution in [-0.2, 0) is 28.2 Å². The van der Waals surface area contributed by atoms with Crippen LogP contribution in [0.5, 0.6) is 0 Å². The Bertz CT molecular complexity index is 792. The van der Waals surface area contributed by atoms with Crippen molar-refractivity contribution in [3.05, 3.63) is 60.8 Å². The molecule has 0 fully saturated rings. The van der Waals surface area contributed by atoms with Crippen LogP contribution in [0.15, 0.2) is 60.8 Å².